The van der Waals surface area contributed by atoms with Gasteiger partial charge in [-0.15, -0.1) is 8.80 Å². The van der Waals surface area contributed by atoms with Crippen molar-refractivity contribution in [3.05, 3.63) is 17.7 Å². The van der Waals surface area contributed by atoms with Crippen LogP contribution in [0.25, 0.3) is 0 Å². The van der Waals surface area contributed by atoms with Gasteiger partial charge in [-0.3, -0.25) is 0 Å². The highest BCUT2D eigenvalue weighted by Gasteiger charge is 2.22. The summed E-state index contributed by atoms with van der Waals surface area (Å²) in [6.07, 6.45) is 1.65. The van der Waals surface area contributed by atoms with Crippen LogP contribution in [-0.2, 0) is 16.0 Å². The zero-order valence-electron chi connectivity index (χ0n) is 10.1. The van der Waals surface area contributed by atoms with Crippen LogP contribution in [0.3, 0.4) is 0 Å². The van der Waals surface area contributed by atoms with E-state index < -0.39 is 16.1 Å². The molecule has 1 aromatic rings. The molecule has 2 rings (SSSR count). The van der Waals surface area contributed by atoms with E-state index in [9.17, 15) is 13.5 Å². The lowest BCUT2D eigenvalue weighted by Gasteiger charge is -2.03. The highest BCUT2D eigenvalue weighted by Crippen LogP contribution is 2.11. The fourth-order valence-electron chi connectivity index (χ4n) is 1.38. The first kappa shape index (κ1) is 13.9. The molecule has 1 aliphatic heterocycles. The van der Waals surface area contributed by atoms with Crippen LogP contribution in [0.1, 0.15) is 11.4 Å². The number of imidazole rings is 1. The Morgan fingerprint density at radius 2 is 2.26 bits per heavy atom. The third kappa shape index (κ3) is 3.70. The van der Waals surface area contributed by atoms with E-state index in [2.05, 4.69) is 24.1 Å². The molecular formula is C9H13N5O3S2. The van der Waals surface area contributed by atoms with Crippen molar-refractivity contribution in [1.82, 2.24) is 15.3 Å². The third-order valence-corrected chi connectivity index (χ3v) is 4.12. The van der Waals surface area contributed by atoms with E-state index in [-0.39, 0.29) is 5.84 Å². The first-order valence-electron chi connectivity index (χ1n) is 5.42. The predicted octanol–water partition coefficient (Wildman–Crippen LogP) is 0.154. The molecule has 0 radical (unpaired) electrons. The van der Waals surface area contributed by atoms with Gasteiger partial charge in [0.25, 0.3) is 5.90 Å². The van der Waals surface area contributed by atoms with E-state index in [1.165, 1.54) is 0 Å². The Balaban J connectivity index is 1.71. The van der Waals surface area contributed by atoms with E-state index in [1.54, 1.807) is 18.1 Å². The lowest BCUT2D eigenvalue weighted by Crippen LogP contribution is -2.31. The number of hydrogen-bond acceptors (Lipinski definition) is 5. The smallest absolute Gasteiger partial charge is 0.368 e. The molecule has 0 saturated carbocycles. The lowest BCUT2D eigenvalue weighted by molar-refractivity contribution is 0.562. The van der Waals surface area contributed by atoms with Gasteiger partial charge in [0.05, 0.1) is 12.0 Å². The summed E-state index contributed by atoms with van der Waals surface area (Å²) in [6.45, 7) is 2.43. The fourth-order valence-corrected chi connectivity index (χ4v) is 2.98. The number of nitrogens with one attached hydrogen (secondary N) is 2. The molecule has 1 aliphatic rings. The molecular weight excluding hydrogens is 290 g/mol. The van der Waals surface area contributed by atoms with Crippen molar-refractivity contribution in [3.8, 4) is 0 Å². The number of H-pyrrole nitrogens is 1. The number of amidine groups is 1. The van der Waals surface area contributed by atoms with Crippen LogP contribution < -0.4 is 5.32 Å². The standard InChI is InChI=1S/C9H13N5O3S2/c1-6-7(12-5-11-6)4-18-3-2-10-8-9(15)14-19(16,17)13-8/h5H,2-4H2,1H3,(H,10,13)(H,11,12)(H,14,15). The second-order valence-corrected chi connectivity index (χ2v) is 6.12. The highest BCUT2D eigenvalue weighted by molar-refractivity contribution is 7.98. The summed E-state index contributed by atoms with van der Waals surface area (Å²) in [6, 6.07) is 0. The average Bonchev–Trinajstić information content (AvgIpc) is 2.82. The van der Waals surface area contributed by atoms with Gasteiger partial charge in [-0.25, -0.2) is 4.98 Å². The minimum Gasteiger partial charge on any atom is -0.490 e. The van der Waals surface area contributed by atoms with Crippen molar-refractivity contribution < 1.29 is 13.5 Å². The lowest BCUT2D eigenvalue weighted by atomic mass is 10.4. The molecule has 0 aliphatic carbocycles. The van der Waals surface area contributed by atoms with E-state index >= 15 is 0 Å². The van der Waals surface area contributed by atoms with Gasteiger partial charge >= 0.3 is 10.2 Å². The molecule has 0 spiro atoms. The van der Waals surface area contributed by atoms with Crippen LogP contribution in [0.5, 0.6) is 0 Å². The number of aromatic nitrogens is 2. The Hall–Kier alpha value is -1.55. The summed E-state index contributed by atoms with van der Waals surface area (Å²) in [5.41, 5.74) is 2.03. The molecule has 0 atom stereocenters. The molecule has 19 heavy (non-hydrogen) atoms. The minimum absolute atomic E-state index is 0.100. The van der Waals surface area contributed by atoms with E-state index in [0.29, 0.717) is 6.54 Å². The Morgan fingerprint density at radius 1 is 1.47 bits per heavy atom. The number of aryl methyl sites for hydroxylation is 1. The Labute approximate surface area is 114 Å². The molecule has 0 unspecified atom stereocenters. The van der Waals surface area contributed by atoms with E-state index in [0.717, 1.165) is 22.9 Å². The summed E-state index contributed by atoms with van der Waals surface area (Å²) < 4.78 is 28.2. The summed E-state index contributed by atoms with van der Waals surface area (Å²) in [5.74, 6) is 0.797. The zero-order valence-corrected chi connectivity index (χ0v) is 11.8. The number of hydrogen-bond donors (Lipinski definition) is 3. The SMILES string of the molecule is Cc1[nH]cnc1CSCCNC1=NS(=O)(=O)N=C1O. The molecule has 104 valence electrons. The van der Waals surface area contributed by atoms with Crippen LogP contribution in [0, 0.1) is 6.92 Å². The number of aromatic amines is 1. The van der Waals surface area contributed by atoms with Crippen LogP contribution in [0.15, 0.2) is 15.1 Å². The van der Waals surface area contributed by atoms with Gasteiger partial charge in [0, 0.05) is 23.7 Å². The van der Waals surface area contributed by atoms with Crippen LogP contribution in [-0.4, -0.2) is 47.5 Å². The van der Waals surface area contributed by atoms with Gasteiger partial charge in [0.2, 0.25) is 5.84 Å². The van der Waals surface area contributed by atoms with Crippen LogP contribution in [0.2, 0.25) is 0 Å². The monoisotopic (exact) mass is 303 g/mol. The maximum absolute atomic E-state index is 10.9. The van der Waals surface area contributed by atoms with Crippen molar-refractivity contribution in [2.45, 2.75) is 12.7 Å². The maximum atomic E-state index is 10.9. The quantitative estimate of drug-likeness (QED) is 0.666. The maximum Gasteiger partial charge on any atom is 0.368 e. The molecule has 1 aromatic heterocycles. The fraction of sp³-hybridized carbons (Fsp3) is 0.444. The number of rotatable bonds is 5. The summed E-state index contributed by atoms with van der Waals surface area (Å²) in [4.78, 5) is 7.16. The Kier molecular flexibility index (Phi) is 4.10. The van der Waals surface area contributed by atoms with E-state index in [4.69, 9.17) is 0 Å². The van der Waals surface area contributed by atoms with Crippen molar-refractivity contribution >= 4 is 33.7 Å². The number of aliphatic hydroxyl groups is 1. The van der Waals surface area contributed by atoms with Crippen LogP contribution >= 0.6 is 11.8 Å². The number of thioether (sulfide) groups is 1. The van der Waals surface area contributed by atoms with Crippen molar-refractivity contribution in [3.63, 3.8) is 0 Å². The van der Waals surface area contributed by atoms with Gasteiger partial charge in [-0.1, -0.05) is 0 Å². The van der Waals surface area contributed by atoms with E-state index in [1.807, 2.05) is 6.92 Å². The Bertz CT molecular complexity index is 620. The zero-order chi connectivity index (χ0) is 13.9. The molecule has 3 N–H and O–H groups in total. The summed E-state index contributed by atoms with van der Waals surface area (Å²) in [7, 11) is -3.89. The molecule has 8 nitrogen and oxygen atoms in total. The third-order valence-electron chi connectivity index (χ3n) is 2.33. The highest BCUT2D eigenvalue weighted by atomic mass is 32.2. The van der Waals surface area contributed by atoms with Crippen molar-refractivity contribution in [2.75, 3.05) is 12.3 Å². The summed E-state index contributed by atoms with van der Waals surface area (Å²) in [5, 5.41) is 11.9. The Morgan fingerprint density at radius 3 is 2.84 bits per heavy atom. The summed E-state index contributed by atoms with van der Waals surface area (Å²) >= 11 is 1.64. The van der Waals surface area contributed by atoms with Crippen LogP contribution in [0.4, 0.5) is 0 Å². The topological polar surface area (TPSA) is 120 Å². The molecule has 10 heteroatoms. The predicted molar refractivity (Wildman–Crippen MR) is 73.9 cm³/mol. The number of aliphatic hydroxyl groups excluding tert-OH is 1. The molecule has 0 fully saturated rings. The van der Waals surface area contributed by atoms with Gasteiger partial charge in [-0.2, -0.15) is 20.2 Å². The van der Waals surface area contributed by atoms with Gasteiger partial charge in [-0.05, 0) is 6.92 Å². The van der Waals surface area contributed by atoms with Gasteiger partial charge in [0.15, 0.2) is 0 Å². The van der Waals surface area contributed by atoms with Crippen molar-refractivity contribution in [2.24, 2.45) is 8.80 Å². The minimum atomic E-state index is -3.89. The second-order valence-electron chi connectivity index (χ2n) is 3.76. The van der Waals surface area contributed by atoms with Crippen molar-refractivity contribution in [1.29, 1.82) is 0 Å². The number of nitrogens with zero attached hydrogens (tertiary/aromatic N) is 3. The first-order chi connectivity index (χ1) is 8.98. The second kappa shape index (κ2) is 5.61. The average molecular weight is 303 g/mol. The molecule has 0 bridgehead atoms. The van der Waals surface area contributed by atoms with Gasteiger partial charge in [0.1, 0.15) is 0 Å². The largest absolute Gasteiger partial charge is 0.490 e. The molecule has 0 aromatic carbocycles. The molecule has 2 heterocycles. The first-order valence-corrected chi connectivity index (χ1v) is 7.98. The molecule has 0 amide bonds. The molecule has 0 saturated heterocycles. The van der Waals surface area contributed by atoms with Gasteiger partial charge < -0.3 is 15.4 Å². The normalized spacial score (nSPS) is 17.1.